The van der Waals surface area contributed by atoms with Crippen molar-refractivity contribution in [2.45, 2.75) is 19.1 Å². The Kier molecular flexibility index (Phi) is 4.82. The van der Waals surface area contributed by atoms with Crippen LogP contribution in [0.25, 0.3) is 0 Å². The van der Waals surface area contributed by atoms with Gasteiger partial charge in [0.05, 0.1) is 12.1 Å². The Bertz CT molecular complexity index is 678. The number of carbonyl (C=O) groups is 1. The molecule has 1 aromatic rings. The van der Waals surface area contributed by atoms with Crippen molar-refractivity contribution in [3.63, 3.8) is 0 Å². The molecule has 0 aliphatic carbocycles. The second-order valence-electron chi connectivity index (χ2n) is 5.56. The van der Waals surface area contributed by atoms with Crippen LogP contribution in [0.4, 0.5) is 0 Å². The van der Waals surface area contributed by atoms with Gasteiger partial charge in [-0.15, -0.1) is 0 Å². The van der Waals surface area contributed by atoms with Gasteiger partial charge < -0.3 is 15.0 Å². The fourth-order valence-electron chi connectivity index (χ4n) is 2.68. The van der Waals surface area contributed by atoms with Gasteiger partial charge in [-0.2, -0.15) is 0 Å². The third-order valence-electron chi connectivity index (χ3n) is 3.90. The van der Waals surface area contributed by atoms with Crippen LogP contribution in [0.5, 0.6) is 0 Å². The van der Waals surface area contributed by atoms with E-state index in [4.69, 9.17) is 4.74 Å². The first kappa shape index (κ1) is 16.4. The average Bonchev–Trinajstić information content (AvgIpc) is 2.80. The second kappa shape index (κ2) is 6.45. The van der Waals surface area contributed by atoms with Crippen molar-refractivity contribution in [2.75, 3.05) is 26.7 Å². The molecule has 2 rings (SSSR count). The van der Waals surface area contributed by atoms with Crippen LogP contribution in [0.15, 0.2) is 15.7 Å². The summed E-state index contributed by atoms with van der Waals surface area (Å²) in [4.78, 5) is 38.1. The average molecular weight is 310 g/mol. The van der Waals surface area contributed by atoms with Crippen molar-refractivity contribution in [3.05, 3.63) is 32.6 Å². The number of aromatic nitrogens is 2. The maximum Gasteiger partial charge on any atom is 0.331 e. The first-order chi connectivity index (χ1) is 10.3. The molecule has 1 N–H and O–H groups in total. The van der Waals surface area contributed by atoms with E-state index in [0.29, 0.717) is 13.2 Å². The molecule has 8 heteroatoms. The maximum absolute atomic E-state index is 12.4. The molecule has 8 nitrogen and oxygen atoms in total. The van der Waals surface area contributed by atoms with E-state index in [1.165, 1.54) is 24.7 Å². The lowest BCUT2D eigenvalue weighted by atomic mass is 10.2. The molecule has 1 saturated heterocycles. The lowest BCUT2D eigenvalue weighted by Crippen LogP contribution is -2.47. The highest BCUT2D eigenvalue weighted by atomic mass is 16.5. The van der Waals surface area contributed by atoms with Gasteiger partial charge in [-0.3, -0.25) is 18.7 Å². The molecule has 0 bridgehead atoms. The summed E-state index contributed by atoms with van der Waals surface area (Å²) < 4.78 is 7.76. The quantitative estimate of drug-likeness (QED) is 0.734. The summed E-state index contributed by atoms with van der Waals surface area (Å²) in [5.74, 6) is -0.442. The van der Waals surface area contributed by atoms with Crippen molar-refractivity contribution in [1.82, 2.24) is 19.4 Å². The van der Waals surface area contributed by atoms with Crippen molar-refractivity contribution >= 4 is 5.91 Å². The Morgan fingerprint density at radius 1 is 1.27 bits per heavy atom. The Labute approximate surface area is 128 Å². The molecule has 1 aliphatic heterocycles. The van der Waals surface area contributed by atoms with Gasteiger partial charge >= 0.3 is 5.69 Å². The zero-order valence-electron chi connectivity index (χ0n) is 13.3. The largest absolute Gasteiger partial charge is 0.375 e. The van der Waals surface area contributed by atoms with Gasteiger partial charge in [0.2, 0.25) is 0 Å². The van der Waals surface area contributed by atoms with Gasteiger partial charge in [0, 0.05) is 39.9 Å². The minimum atomic E-state index is -0.525. The molecule has 1 amide bonds. The number of rotatable bonds is 4. The fraction of sp³-hybridized carbons (Fsp3) is 0.643. The molecule has 0 saturated carbocycles. The molecule has 122 valence electrons. The van der Waals surface area contributed by atoms with Crippen LogP contribution in [0, 0.1) is 0 Å². The minimum Gasteiger partial charge on any atom is -0.375 e. The molecule has 1 fully saturated rings. The van der Waals surface area contributed by atoms with Gasteiger partial charge in [0.25, 0.3) is 11.5 Å². The van der Waals surface area contributed by atoms with Crippen molar-refractivity contribution in [1.29, 1.82) is 0 Å². The maximum atomic E-state index is 12.4. The standard InChI is InChI=1S/C14H22N4O4/c1-5-22-11-8-16(2)7-9(11)15-13(20)10-6-12(19)18(4)14(21)17(10)3/h6,9,11H,5,7-8H2,1-4H3,(H,15,20)/t9-,11-/m0/s1. The molecule has 0 aromatic carbocycles. The summed E-state index contributed by atoms with van der Waals surface area (Å²) in [5, 5.41) is 2.86. The Balaban J connectivity index is 2.23. The van der Waals surface area contributed by atoms with Crippen LogP contribution in [-0.2, 0) is 18.8 Å². The summed E-state index contributed by atoms with van der Waals surface area (Å²) in [6.45, 7) is 3.86. The van der Waals surface area contributed by atoms with Crippen molar-refractivity contribution < 1.29 is 9.53 Å². The van der Waals surface area contributed by atoms with E-state index in [0.717, 1.165) is 11.1 Å². The van der Waals surface area contributed by atoms with E-state index in [9.17, 15) is 14.4 Å². The van der Waals surface area contributed by atoms with E-state index < -0.39 is 17.2 Å². The molecule has 0 unspecified atom stereocenters. The summed E-state index contributed by atoms with van der Waals surface area (Å²) in [6, 6.07) is 1.00. The molecule has 2 heterocycles. The molecule has 0 spiro atoms. The predicted octanol–water partition coefficient (Wildman–Crippen LogP) is -1.47. The fourth-order valence-corrected chi connectivity index (χ4v) is 2.68. The molecular formula is C14H22N4O4. The van der Waals surface area contributed by atoms with Crippen LogP contribution >= 0.6 is 0 Å². The number of ether oxygens (including phenoxy) is 1. The van der Waals surface area contributed by atoms with Crippen molar-refractivity contribution in [3.8, 4) is 0 Å². The Morgan fingerprint density at radius 3 is 2.59 bits per heavy atom. The highest BCUT2D eigenvalue weighted by Crippen LogP contribution is 2.12. The molecule has 2 atom stereocenters. The van der Waals surface area contributed by atoms with E-state index in [2.05, 4.69) is 10.2 Å². The zero-order valence-corrected chi connectivity index (χ0v) is 13.3. The van der Waals surface area contributed by atoms with E-state index >= 15 is 0 Å². The molecular weight excluding hydrogens is 288 g/mol. The van der Waals surface area contributed by atoms with Gasteiger partial charge in [-0.05, 0) is 14.0 Å². The summed E-state index contributed by atoms with van der Waals surface area (Å²) >= 11 is 0. The number of nitrogens with one attached hydrogen (secondary N) is 1. The van der Waals surface area contributed by atoms with Gasteiger partial charge in [0.15, 0.2) is 0 Å². The monoisotopic (exact) mass is 310 g/mol. The zero-order chi connectivity index (χ0) is 16.4. The molecule has 1 aromatic heterocycles. The summed E-state index contributed by atoms with van der Waals surface area (Å²) in [5.41, 5.74) is -0.974. The number of likely N-dealkylation sites (tertiary alicyclic amines) is 1. The molecule has 1 aliphatic rings. The SMILES string of the molecule is CCO[C@H]1CN(C)C[C@@H]1NC(=O)c1cc(=O)n(C)c(=O)n1C. The lowest BCUT2D eigenvalue weighted by Gasteiger charge is -2.20. The van der Waals surface area contributed by atoms with Crippen molar-refractivity contribution in [2.24, 2.45) is 14.1 Å². The number of hydrogen-bond donors (Lipinski definition) is 1. The third-order valence-corrected chi connectivity index (χ3v) is 3.90. The van der Waals surface area contributed by atoms with Crippen LogP contribution in [-0.4, -0.2) is 58.8 Å². The lowest BCUT2D eigenvalue weighted by molar-refractivity contribution is 0.0511. The number of likely N-dealkylation sites (N-methyl/N-ethyl adjacent to an activating group) is 1. The molecule has 0 radical (unpaired) electrons. The van der Waals surface area contributed by atoms with E-state index in [1.807, 2.05) is 14.0 Å². The Hall–Kier alpha value is -1.93. The highest BCUT2D eigenvalue weighted by molar-refractivity contribution is 5.92. The number of amides is 1. The van der Waals surface area contributed by atoms with Gasteiger partial charge in [-0.1, -0.05) is 0 Å². The summed E-state index contributed by atoms with van der Waals surface area (Å²) in [7, 11) is 4.80. The topological polar surface area (TPSA) is 85.6 Å². The smallest absolute Gasteiger partial charge is 0.331 e. The number of carbonyl (C=O) groups excluding carboxylic acids is 1. The van der Waals surface area contributed by atoms with Gasteiger partial charge in [-0.25, -0.2) is 4.79 Å². The second-order valence-corrected chi connectivity index (χ2v) is 5.56. The normalized spacial score (nSPS) is 22.0. The van der Waals surface area contributed by atoms with Gasteiger partial charge in [0.1, 0.15) is 5.69 Å². The summed E-state index contributed by atoms with van der Waals surface area (Å²) in [6.07, 6.45) is -0.0949. The van der Waals surface area contributed by atoms with Crippen LogP contribution in [0.2, 0.25) is 0 Å². The van der Waals surface area contributed by atoms with E-state index in [1.54, 1.807) is 0 Å². The first-order valence-corrected chi connectivity index (χ1v) is 7.23. The molecule has 22 heavy (non-hydrogen) atoms. The first-order valence-electron chi connectivity index (χ1n) is 7.23. The Morgan fingerprint density at radius 2 is 1.95 bits per heavy atom. The third kappa shape index (κ3) is 3.12. The van der Waals surface area contributed by atoms with Crippen LogP contribution in [0.1, 0.15) is 17.4 Å². The number of hydrogen-bond acceptors (Lipinski definition) is 5. The minimum absolute atomic E-state index is 0.0536. The number of nitrogens with zero attached hydrogens (tertiary/aromatic N) is 3. The predicted molar refractivity (Wildman–Crippen MR) is 81.1 cm³/mol. The van der Waals surface area contributed by atoms with Crippen LogP contribution in [0.3, 0.4) is 0 Å². The highest BCUT2D eigenvalue weighted by Gasteiger charge is 2.33. The van der Waals surface area contributed by atoms with E-state index in [-0.39, 0.29) is 17.8 Å². The van der Waals surface area contributed by atoms with Crippen LogP contribution < -0.4 is 16.6 Å².